The SMILES string of the molecule is C#CCN1C(=O)CC(c2ccc(OCc3ccccc3)cc2)c2c1ccc1ccccc21. The zero-order valence-corrected chi connectivity index (χ0v) is 17.7. The van der Waals surface area contributed by atoms with E-state index in [9.17, 15) is 4.79 Å². The largest absolute Gasteiger partial charge is 0.489 e. The van der Waals surface area contributed by atoms with Crippen molar-refractivity contribution in [3.63, 3.8) is 0 Å². The van der Waals surface area contributed by atoms with E-state index in [1.54, 1.807) is 4.90 Å². The Bertz CT molecular complexity index is 1300. The maximum absolute atomic E-state index is 13.0. The summed E-state index contributed by atoms with van der Waals surface area (Å²) in [6.45, 7) is 0.805. The van der Waals surface area contributed by atoms with Crippen molar-refractivity contribution in [3.05, 3.63) is 108 Å². The van der Waals surface area contributed by atoms with Crippen LogP contribution in [0.15, 0.2) is 91.0 Å². The molecule has 4 aromatic rings. The molecule has 3 nitrogen and oxygen atoms in total. The highest BCUT2D eigenvalue weighted by molar-refractivity contribution is 6.03. The van der Waals surface area contributed by atoms with Crippen LogP contribution in [-0.4, -0.2) is 12.5 Å². The molecule has 1 atom stereocenters. The van der Waals surface area contributed by atoms with Crippen LogP contribution in [0, 0.1) is 12.3 Å². The summed E-state index contributed by atoms with van der Waals surface area (Å²) in [5, 5.41) is 2.32. The fourth-order valence-electron chi connectivity index (χ4n) is 4.49. The number of fused-ring (bicyclic) bond motifs is 3. The average molecular weight is 418 g/mol. The molecule has 0 radical (unpaired) electrons. The van der Waals surface area contributed by atoms with Gasteiger partial charge in [-0.2, -0.15) is 0 Å². The molecule has 1 aliphatic heterocycles. The van der Waals surface area contributed by atoms with Crippen molar-refractivity contribution in [1.29, 1.82) is 0 Å². The number of ether oxygens (including phenoxy) is 1. The van der Waals surface area contributed by atoms with Crippen molar-refractivity contribution in [2.45, 2.75) is 18.9 Å². The van der Waals surface area contributed by atoms with E-state index in [2.05, 4.69) is 36.3 Å². The van der Waals surface area contributed by atoms with Gasteiger partial charge in [0, 0.05) is 18.0 Å². The molecule has 0 N–H and O–H groups in total. The summed E-state index contributed by atoms with van der Waals surface area (Å²) in [6.07, 6.45) is 5.96. The van der Waals surface area contributed by atoms with Gasteiger partial charge in [-0.1, -0.05) is 78.7 Å². The molecule has 0 aromatic heterocycles. The third kappa shape index (κ3) is 3.72. The van der Waals surface area contributed by atoms with Crippen LogP contribution in [-0.2, 0) is 11.4 Å². The number of hydrogen-bond donors (Lipinski definition) is 0. The molecule has 1 aliphatic rings. The van der Waals surface area contributed by atoms with Crippen LogP contribution in [0.5, 0.6) is 5.75 Å². The molecule has 32 heavy (non-hydrogen) atoms. The van der Waals surface area contributed by atoms with Crippen LogP contribution in [0.25, 0.3) is 10.8 Å². The zero-order chi connectivity index (χ0) is 21.9. The summed E-state index contributed by atoms with van der Waals surface area (Å²) in [5.41, 5.74) is 4.30. The first-order chi connectivity index (χ1) is 15.7. The Balaban J connectivity index is 1.50. The van der Waals surface area contributed by atoms with Crippen molar-refractivity contribution in [3.8, 4) is 18.1 Å². The van der Waals surface area contributed by atoms with Crippen LogP contribution < -0.4 is 9.64 Å². The lowest BCUT2D eigenvalue weighted by Crippen LogP contribution is -2.37. The molecule has 0 fully saturated rings. The van der Waals surface area contributed by atoms with Gasteiger partial charge in [0.2, 0.25) is 5.91 Å². The van der Waals surface area contributed by atoms with Crippen molar-refractivity contribution < 1.29 is 9.53 Å². The summed E-state index contributed by atoms with van der Waals surface area (Å²) in [5.74, 6) is 3.48. The van der Waals surface area contributed by atoms with Crippen LogP contribution >= 0.6 is 0 Å². The van der Waals surface area contributed by atoms with E-state index in [1.165, 1.54) is 0 Å². The van der Waals surface area contributed by atoms with Crippen molar-refractivity contribution in [1.82, 2.24) is 0 Å². The molecule has 4 aromatic carbocycles. The lowest BCUT2D eigenvalue weighted by atomic mass is 9.81. The Morgan fingerprint density at radius 1 is 0.906 bits per heavy atom. The number of rotatable bonds is 5. The van der Waals surface area contributed by atoms with Gasteiger partial charge in [-0.25, -0.2) is 0 Å². The topological polar surface area (TPSA) is 29.5 Å². The van der Waals surface area contributed by atoms with Gasteiger partial charge in [-0.15, -0.1) is 6.42 Å². The van der Waals surface area contributed by atoms with Gasteiger partial charge in [0.05, 0.1) is 6.54 Å². The molecule has 0 aliphatic carbocycles. The van der Waals surface area contributed by atoms with Crippen LogP contribution in [0.4, 0.5) is 5.69 Å². The quantitative estimate of drug-likeness (QED) is 0.377. The van der Waals surface area contributed by atoms with E-state index in [0.29, 0.717) is 13.0 Å². The first-order valence-electron chi connectivity index (χ1n) is 10.8. The average Bonchev–Trinajstić information content (AvgIpc) is 2.85. The normalized spacial score (nSPS) is 15.3. The van der Waals surface area contributed by atoms with Gasteiger partial charge < -0.3 is 9.64 Å². The van der Waals surface area contributed by atoms with Gasteiger partial charge in [0.25, 0.3) is 0 Å². The van der Waals surface area contributed by atoms with E-state index in [4.69, 9.17) is 11.2 Å². The molecular weight excluding hydrogens is 394 g/mol. The van der Waals surface area contributed by atoms with Crippen LogP contribution in [0.2, 0.25) is 0 Å². The molecule has 1 amide bonds. The predicted octanol–water partition coefficient (Wildman–Crippen LogP) is 5.92. The summed E-state index contributed by atoms with van der Waals surface area (Å²) in [6, 6.07) is 30.6. The Morgan fingerprint density at radius 3 is 2.44 bits per heavy atom. The first-order valence-corrected chi connectivity index (χ1v) is 10.8. The van der Waals surface area contributed by atoms with E-state index >= 15 is 0 Å². The molecule has 1 unspecified atom stereocenters. The minimum Gasteiger partial charge on any atom is -0.489 e. The Kier molecular flexibility index (Phi) is 5.35. The molecule has 0 saturated heterocycles. The van der Waals surface area contributed by atoms with E-state index in [1.807, 2.05) is 60.7 Å². The van der Waals surface area contributed by atoms with Gasteiger partial charge in [-0.3, -0.25) is 4.79 Å². The van der Waals surface area contributed by atoms with Gasteiger partial charge >= 0.3 is 0 Å². The van der Waals surface area contributed by atoms with Crippen molar-refractivity contribution in [2.24, 2.45) is 0 Å². The van der Waals surface area contributed by atoms with E-state index in [0.717, 1.165) is 38.9 Å². The Hall–Kier alpha value is -4.03. The van der Waals surface area contributed by atoms with Gasteiger partial charge in [0.15, 0.2) is 0 Å². The second kappa shape index (κ2) is 8.61. The third-order valence-corrected chi connectivity index (χ3v) is 6.05. The second-order valence-electron chi connectivity index (χ2n) is 8.00. The number of nitrogens with zero attached hydrogens (tertiary/aromatic N) is 1. The molecule has 1 heterocycles. The summed E-state index contributed by atoms with van der Waals surface area (Å²) in [7, 11) is 0. The zero-order valence-electron chi connectivity index (χ0n) is 17.7. The van der Waals surface area contributed by atoms with Crippen LogP contribution in [0.1, 0.15) is 29.0 Å². The lowest BCUT2D eigenvalue weighted by molar-refractivity contribution is -0.119. The summed E-state index contributed by atoms with van der Waals surface area (Å²) >= 11 is 0. The smallest absolute Gasteiger partial charge is 0.228 e. The van der Waals surface area contributed by atoms with Crippen molar-refractivity contribution in [2.75, 3.05) is 11.4 Å². The Labute approximate surface area is 188 Å². The maximum Gasteiger partial charge on any atom is 0.228 e. The number of benzene rings is 4. The molecule has 0 saturated carbocycles. The Morgan fingerprint density at radius 2 is 1.66 bits per heavy atom. The first kappa shape index (κ1) is 19.9. The maximum atomic E-state index is 13.0. The standard InChI is InChI=1S/C29H23NO2/c1-2-18-30-27-17-14-22-10-6-7-11-25(22)29(27)26(19-28(30)31)23-12-15-24(16-13-23)32-20-21-8-4-3-5-9-21/h1,3-17,26H,18-20H2. The summed E-state index contributed by atoms with van der Waals surface area (Å²) < 4.78 is 5.95. The number of amides is 1. The molecule has 0 spiro atoms. The fraction of sp³-hybridized carbons (Fsp3) is 0.138. The number of anilines is 1. The third-order valence-electron chi connectivity index (χ3n) is 6.05. The van der Waals surface area contributed by atoms with E-state index < -0.39 is 0 Å². The van der Waals surface area contributed by atoms with E-state index in [-0.39, 0.29) is 18.4 Å². The fourth-order valence-corrected chi connectivity index (χ4v) is 4.49. The lowest BCUT2D eigenvalue weighted by Gasteiger charge is -2.34. The van der Waals surface area contributed by atoms with Gasteiger partial charge in [-0.05, 0) is 45.7 Å². The number of carbonyl (C=O) groups excluding carboxylic acids is 1. The highest BCUT2D eigenvalue weighted by Gasteiger charge is 2.33. The van der Waals surface area contributed by atoms with Gasteiger partial charge in [0.1, 0.15) is 12.4 Å². The molecule has 156 valence electrons. The molecule has 0 bridgehead atoms. The molecule has 3 heteroatoms. The number of carbonyl (C=O) groups is 1. The number of hydrogen-bond acceptors (Lipinski definition) is 2. The van der Waals surface area contributed by atoms with Crippen LogP contribution in [0.3, 0.4) is 0 Å². The highest BCUT2D eigenvalue weighted by Crippen LogP contribution is 2.44. The highest BCUT2D eigenvalue weighted by atomic mass is 16.5. The molecule has 5 rings (SSSR count). The number of terminal acetylenes is 1. The van der Waals surface area contributed by atoms with Crippen molar-refractivity contribution >= 4 is 22.4 Å². The minimum atomic E-state index is -0.0270. The minimum absolute atomic E-state index is 0.0270. The summed E-state index contributed by atoms with van der Waals surface area (Å²) in [4.78, 5) is 14.7. The monoisotopic (exact) mass is 417 g/mol. The predicted molar refractivity (Wildman–Crippen MR) is 129 cm³/mol. The second-order valence-corrected chi connectivity index (χ2v) is 8.00. The molecular formula is C29H23NO2.